The van der Waals surface area contributed by atoms with Crippen LogP contribution < -0.4 is 0 Å². The lowest BCUT2D eigenvalue weighted by atomic mass is 10.7. The second-order valence-corrected chi connectivity index (χ2v) is 1.23. The van der Waals surface area contributed by atoms with Gasteiger partial charge in [0.05, 0.1) is 5.10 Å². The van der Waals surface area contributed by atoms with Crippen molar-refractivity contribution in [3.63, 3.8) is 0 Å². The summed E-state index contributed by atoms with van der Waals surface area (Å²) >= 11 is 0. The zero-order chi connectivity index (χ0) is 7.56. The average Bonchev–Trinajstić information content (AvgIpc) is 2.34. The summed E-state index contributed by atoms with van der Waals surface area (Å²) in [5, 5.41) is 26.0. The van der Waals surface area contributed by atoms with Crippen molar-refractivity contribution in [3.05, 3.63) is 15.9 Å². The highest BCUT2D eigenvalue weighted by molar-refractivity contribution is 5.02. The van der Waals surface area contributed by atoms with Gasteiger partial charge < -0.3 is 10.1 Å². The molecule has 0 aliphatic rings. The molecule has 50 valence electrons. The molecular formula is C2N6O2. The van der Waals surface area contributed by atoms with E-state index in [1.807, 2.05) is 0 Å². The van der Waals surface area contributed by atoms with Gasteiger partial charge >= 0.3 is 5.82 Å². The molecule has 0 aliphatic carbocycles. The molecule has 1 aromatic rings. The lowest BCUT2D eigenvalue weighted by molar-refractivity contribution is -0.564. The Bertz CT molecular complexity index is 295. The van der Waals surface area contributed by atoms with Crippen molar-refractivity contribution in [1.29, 1.82) is 5.26 Å². The van der Waals surface area contributed by atoms with E-state index in [1.165, 1.54) is 6.07 Å². The Hall–Kier alpha value is -2.04. The zero-order valence-electron chi connectivity index (χ0n) is 4.50. The van der Waals surface area contributed by atoms with Crippen molar-refractivity contribution < 1.29 is 5.03 Å². The second-order valence-electron chi connectivity index (χ2n) is 1.23. The number of rotatable bonds is 1. The first-order valence-electron chi connectivity index (χ1n) is 2.09. The maximum atomic E-state index is 9.82. The molecule has 1 aromatic heterocycles. The van der Waals surface area contributed by atoms with Gasteiger partial charge in [0.1, 0.15) is 5.21 Å². The van der Waals surface area contributed by atoms with Crippen LogP contribution in [0.4, 0.5) is 0 Å². The van der Waals surface area contributed by atoms with Gasteiger partial charge in [0.25, 0.3) is 0 Å². The number of hydrogen-bond acceptors (Lipinski definition) is 6. The number of hydrogen-bond donors (Lipinski definition) is 0. The highest BCUT2D eigenvalue weighted by Crippen LogP contribution is 1.79. The van der Waals surface area contributed by atoms with Gasteiger partial charge in [-0.25, -0.2) is 0 Å². The molecule has 0 fully saturated rings. The van der Waals surface area contributed by atoms with Gasteiger partial charge in [-0.2, -0.15) is 5.26 Å². The molecule has 1 rings (SSSR count). The van der Waals surface area contributed by atoms with Crippen molar-refractivity contribution in [2.45, 2.75) is 0 Å². The summed E-state index contributed by atoms with van der Waals surface area (Å²) in [5.41, 5.74) is 0. The number of tetrazole rings is 1. The van der Waals surface area contributed by atoms with Crippen LogP contribution in [-0.2, 0) is 0 Å². The number of nitriles is 1. The maximum absolute atomic E-state index is 9.82. The molecule has 0 N–H and O–H groups in total. The van der Waals surface area contributed by atoms with Crippen LogP contribution in [0.25, 0.3) is 0 Å². The van der Waals surface area contributed by atoms with Crippen LogP contribution in [0.1, 0.15) is 5.82 Å². The molecular weight excluding hydrogens is 140 g/mol. The summed E-state index contributed by atoms with van der Waals surface area (Å²) in [6.45, 7) is 0. The van der Waals surface area contributed by atoms with E-state index in [9.17, 15) is 10.1 Å². The molecule has 0 aromatic carbocycles. The topological polar surface area (TPSA) is 111 Å². The average molecular weight is 140 g/mol. The lowest BCUT2D eigenvalue weighted by Crippen LogP contribution is -2.12. The maximum Gasteiger partial charge on any atom is 0.370 e. The van der Waals surface area contributed by atoms with Crippen molar-refractivity contribution in [3.8, 4) is 6.07 Å². The first-order chi connectivity index (χ1) is 4.74. The molecule has 8 heteroatoms. The molecule has 0 atom stereocenters. The Kier molecular flexibility index (Phi) is 1.25. The Balaban J connectivity index is 3.02. The minimum absolute atomic E-state index is 0.124. The Morgan fingerprint density at radius 3 is 2.80 bits per heavy atom. The summed E-state index contributed by atoms with van der Waals surface area (Å²) in [7, 11) is 0. The van der Waals surface area contributed by atoms with Gasteiger partial charge in [0, 0.05) is 10.1 Å². The van der Waals surface area contributed by atoms with E-state index >= 15 is 0 Å². The summed E-state index contributed by atoms with van der Waals surface area (Å²) in [6, 6.07) is 1.49. The van der Waals surface area contributed by atoms with Crippen molar-refractivity contribution in [2.75, 3.05) is 0 Å². The van der Waals surface area contributed by atoms with E-state index in [0.29, 0.717) is 0 Å². The van der Waals surface area contributed by atoms with Crippen LogP contribution in [0.2, 0.25) is 0 Å². The largest absolute Gasteiger partial charge is 0.372 e. The summed E-state index contributed by atoms with van der Waals surface area (Å²) in [6.07, 6.45) is 0. The quantitative estimate of drug-likeness (QED) is 0.349. The van der Waals surface area contributed by atoms with E-state index < -0.39 is 5.03 Å². The highest BCUT2D eigenvalue weighted by Gasteiger charge is 2.10. The van der Waals surface area contributed by atoms with E-state index in [2.05, 4.69) is 15.4 Å². The molecule has 0 amide bonds. The van der Waals surface area contributed by atoms with E-state index in [1.54, 1.807) is 0 Å². The van der Waals surface area contributed by atoms with Crippen LogP contribution in [0.5, 0.6) is 0 Å². The fourth-order valence-corrected chi connectivity index (χ4v) is 0.321. The monoisotopic (exact) mass is 140 g/mol. The molecule has 8 nitrogen and oxygen atoms in total. The minimum atomic E-state index is -0.895. The molecule has 1 heterocycles. The first kappa shape index (κ1) is 6.09. The molecule has 0 radical (unpaired) electrons. The van der Waals surface area contributed by atoms with Gasteiger partial charge in [-0.05, 0) is 0 Å². The Labute approximate surface area is 53.8 Å². The van der Waals surface area contributed by atoms with E-state index in [4.69, 9.17) is 5.26 Å². The molecule has 10 heavy (non-hydrogen) atoms. The first-order valence-corrected chi connectivity index (χ1v) is 2.09. The van der Waals surface area contributed by atoms with Crippen LogP contribution >= 0.6 is 0 Å². The van der Waals surface area contributed by atoms with E-state index in [-0.39, 0.29) is 10.7 Å². The van der Waals surface area contributed by atoms with Gasteiger partial charge in [0.2, 0.25) is 0 Å². The van der Waals surface area contributed by atoms with E-state index in [0.717, 1.165) is 0 Å². The zero-order valence-corrected chi connectivity index (χ0v) is 4.50. The fourth-order valence-electron chi connectivity index (χ4n) is 0.321. The fraction of sp³-hybridized carbons (Fsp3) is 0. The van der Waals surface area contributed by atoms with Crippen LogP contribution in [0.3, 0.4) is 0 Å². The van der Waals surface area contributed by atoms with Crippen LogP contribution in [0, 0.1) is 21.4 Å². The Morgan fingerprint density at radius 2 is 2.50 bits per heavy atom. The predicted octanol–water partition coefficient (Wildman–Crippen LogP) is -1.42. The SMILES string of the molecule is N#Cc1nnn([N+](=O)[O-])n1. The third-order valence-corrected chi connectivity index (χ3v) is 0.650. The molecule has 0 saturated heterocycles. The second kappa shape index (κ2) is 2.06. The minimum Gasteiger partial charge on any atom is -0.372 e. The van der Waals surface area contributed by atoms with Crippen molar-refractivity contribution in [2.24, 2.45) is 0 Å². The number of aromatic nitrogens is 4. The smallest absolute Gasteiger partial charge is 0.370 e. The van der Waals surface area contributed by atoms with Gasteiger partial charge in [-0.1, -0.05) is 0 Å². The lowest BCUT2D eigenvalue weighted by Gasteiger charge is -1.83. The predicted molar refractivity (Wildman–Crippen MR) is 24.9 cm³/mol. The van der Waals surface area contributed by atoms with Gasteiger partial charge in [-0.3, -0.25) is 0 Å². The van der Waals surface area contributed by atoms with Crippen LogP contribution in [0.15, 0.2) is 0 Å². The molecule has 0 bridgehead atoms. The normalized spacial score (nSPS) is 8.70. The molecule has 0 spiro atoms. The van der Waals surface area contributed by atoms with Gasteiger partial charge in [-0.15, -0.1) is 0 Å². The summed E-state index contributed by atoms with van der Waals surface area (Å²) < 4.78 is 0. The molecule has 0 unspecified atom stereocenters. The van der Waals surface area contributed by atoms with Crippen molar-refractivity contribution >= 4 is 0 Å². The Morgan fingerprint density at radius 1 is 1.80 bits per heavy atom. The molecule has 0 saturated carbocycles. The molecule has 0 aliphatic heterocycles. The summed E-state index contributed by atoms with van der Waals surface area (Å²) in [5.74, 6) is -0.322. The van der Waals surface area contributed by atoms with Gasteiger partial charge in [0.15, 0.2) is 11.0 Å². The van der Waals surface area contributed by atoms with Crippen molar-refractivity contribution in [1.82, 2.24) is 20.3 Å². The third-order valence-electron chi connectivity index (χ3n) is 0.650. The van der Waals surface area contributed by atoms with Crippen LogP contribution in [-0.4, -0.2) is 25.3 Å². The third kappa shape index (κ3) is 0.873. The highest BCUT2D eigenvalue weighted by atomic mass is 16.7. The summed E-state index contributed by atoms with van der Waals surface area (Å²) in [4.78, 5) is 9.95. The number of nitrogens with zero attached hydrogens (tertiary/aromatic N) is 6. The number of nitro groups is 1. The standard InChI is InChI=1S/C2N6O2/c3-1-2-4-6-7(5-2)8(9)10.